The Labute approximate surface area is 246 Å². The van der Waals surface area contributed by atoms with E-state index >= 15 is 0 Å². The van der Waals surface area contributed by atoms with Gasteiger partial charge in [-0.05, 0) is 42.8 Å². The molecule has 0 radical (unpaired) electrons. The summed E-state index contributed by atoms with van der Waals surface area (Å²) in [6.07, 6.45) is 4.28. The van der Waals surface area contributed by atoms with Crippen LogP contribution < -0.4 is 20.4 Å². The van der Waals surface area contributed by atoms with Gasteiger partial charge >= 0.3 is 5.97 Å². The van der Waals surface area contributed by atoms with Crippen LogP contribution in [-0.4, -0.2) is 75.6 Å². The van der Waals surface area contributed by atoms with Gasteiger partial charge < -0.3 is 29.5 Å². The number of carboxylic acid groups (broad SMARTS) is 1. The highest BCUT2D eigenvalue weighted by Crippen LogP contribution is 2.19. The molecule has 0 spiro atoms. The normalized spacial score (nSPS) is 13.6. The van der Waals surface area contributed by atoms with Crippen molar-refractivity contribution >= 4 is 40.8 Å². The fraction of sp³-hybridized carbons (Fsp3) is 0.226. The van der Waals surface area contributed by atoms with Crippen LogP contribution in [0.3, 0.4) is 0 Å². The smallest absolute Gasteiger partial charge is 0.341 e. The number of hydrogen-bond acceptors (Lipinski definition) is 8. The molecular formula is C31H30N6O6. The molecule has 2 aromatic heterocycles. The van der Waals surface area contributed by atoms with Crippen LogP contribution in [0, 0.1) is 0 Å². The van der Waals surface area contributed by atoms with Crippen molar-refractivity contribution in [1.29, 1.82) is 0 Å². The Morgan fingerprint density at radius 3 is 2.35 bits per heavy atom. The molecule has 1 fully saturated rings. The van der Waals surface area contributed by atoms with Gasteiger partial charge in [-0.3, -0.25) is 14.4 Å². The van der Waals surface area contributed by atoms with E-state index in [1.807, 2.05) is 17.9 Å². The molecule has 1 aliphatic rings. The van der Waals surface area contributed by atoms with Gasteiger partial charge in [-0.1, -0.05) is 30.3 Å². The lowest BCUT2D eigenvalue weighted by molar-refractivity contribution is -0.127. The molecule has 12 heteroatoms. The van der Waals surface area contributed by atoms with Crippen molar-refractivity contribution in [2.24, 2.45) is 0 Å². The van der Waals surface area contributed by atoms with Crippen LogP contribution in [0.15, 0.2) is 77.5 Å². The SMILES string of the molecule is CCn1cc(C(=O)O)c(=O)c2cnc(N3CCN(C(=O)/C(=C/c4ccc(OC)cc4)NC(=O)c4ccccc4)CC3)nc21. The topological polar surface area (TPSA) is 147 Å². The number of aryl methyl sites for hydroxylation is 1. The lowest BCUT2D eigenvalue weighted by Crippen LogP contribution is -2.51. The molecule has 5 rings (SSSR count). The van der Waals surface area contributed by atoms with Crippen LogP contribution in [0.1, 0.15) is 33.2 Å². The number of amides is 2. The van der Waals surface area contributed by atoms with Crippen molar-refractivity contribution in [1.82, 2.24) is 24.8 Å². The number of hydrogen-bond donors (Lipinski definition) is 2. The van der Waals surface area contributed by atoms with Gasteiger partial charge in [0.2, 0.25) is 11.4 Å². The molecule has 4 aromatic rings. The quantitative estimate of drug-likeness (QED) is 0.299. The van der Waals surface area contributed by atoms with E-state index in [1.54, 1.807) is 71.2 Å². The molecule has 3 heterocycles. The number of carbonyl (C=O) groups excluding carboxylic acids is 2. The molecule has 2 amide bonds. The molecule has 43 heavy (non-hydrogen) atoms. The van der Waals surface area contributed by atoms with E-state index in [0.717, 1.165) is 0 Å². The number of methoxy groups -OCH3 is 1. The van der Waals surface area contributed by atoms with E-state index in [2.05, 4.69) is 15.3 Å². The zero-order chi connectivity index (χ0) is 30.5. The summed E-state index contributed by atoms with van der Waals surface area (Å²) in [5.41, 5.74) is 0.646. The Bertz CT molecular complexity index is 1760. The molecule has 0 aliphatic carbocycles. The lowest BCUT2D eigenvalue weighted by atomic mass is 10.1. The number of nitrogens with zero attached hydrogens (tertiary/aromatic N) is 5. The van der Waals surface area contributed by atoms with Crippen molar-refractivity contribution in [3.05, 3.63) is 99.6 Å². The van der Waals surface area contributed by atoms with Crippen molar-refractivity contribution < 1.29 is 24.2 Å². The van der Waals surface area contributed by atoms with Crippen molar-refractivity contribution in [3.63, 3.8) is 0 Å². The molecule has 0 saturated carbocycles. The number of piperazine rings is 1. The fourth-order valence-corrected chi connectivity index (χ4v) is 4.79. The summed E-state index contributed by atoms with van der Waals surface area (Å²) in [6, 6.07) is 15.8. The molecule has 0 atom stereocenters. The van der Waals surface area contributed by atoms with Gasteiger partial charge in [0.25, 0.3) is 11.8 Å². The van der Waals surface area contributed by atoms with E-state index in [0.29, 0.717) is 61.2 Å². The van der Waals surface area contributed by atoms with Gasteiger partial charge in [-0.15, -0.1) is 0 Å². The minimum absolute atomic E-state index is 0.127. The summed E-state index contributed by atoms with van der Waals surface area (Å²) in [7, 11) is 1.57. The number of pyridine rings is 1. The average Bonchev–Trinajstić information content (AvgIpc) is 3.04. The van der Waals surface area contributed by atoms with Crippen LogP contribution in [0.2, 0.25) is 0 Å². The standard InChI is InChI=1S/C31H30N6O6/c1-3-35-19-24(30(41)42)26(38)23-18-32-31(34-27(23)35)37-15-13-36(14-16-37)29(40)25(17-20-9-11-22(43-2)12-10-20)33-28(39)21-7-5-4-6-8-21/h4-12,17-19H,3,13-16H2,1-2H3,(H,33,39)(H,41,42)/b25-17-. The first-order valence-electron chi connectivity index (χ1n) is 13.7. The molecule has 2 aromatic carbocycles. The van der Waals surface area contributed by atoms with Gasteiger partial charge in [0.15, 0.2) is 0 Å². The summed E-state index contributed by atoms with van der Waals surface area (Å²) in [6.45, 7) is 3.72. The number of carboxylic acids is 1. The minimum atomic E-state index is -1.31. The zero-order valence-corrected chi connectivity index (χ0v) is 23.7. The van der Waals surface area contributed by atoms with Crippen molar-refractivity contribution in [3.8, 4) is 5.75 Å². The van der Waals surface area contributed by atoms with Crippen molar-refractivity contribution in [2.45, 2.75) is 13.5 Å². The van der Waals surface area contributed by atoms with Crippen LogP contribution in [-0.2, 0) is 11.3 Å². The van der Waals surface area contributed by atoms with E-state index < -0.39 is 17.3 Å². The zero-order valence-electron chi connectivity index (χ0n) is 23.7. The lowest BCUT2D eigenvalue weighted by Gasteiger charge is -2.35. The summed E-state index contributed by atoms with van der Waals surface area (Å²) in [4.78, 5) is 63.3. The fourth-order valence-electron chi connectivity index (χ4n) is 4.79. The second-order valence-electron chi connectivity index (χ2n) is 9.80. The van der Waals surface area contributed by atoms with E-state index in [1.165, 1.54) is 12.4 Å². The molecule has 1 aliphatic heterocycles. The maximum Gasteiger partial charge on any atom is 0.341 e. The molecule has 1 saturated heterocycles. The average molecular weight is 583 g/mol. The number of ether oxygens (including phenoxy) is 1. The highest BCUT2D eigenvalue weighted by molar-refractivity contribution is 6.05. The van der Waals surface area contributed by atoms with Crippen LogP contribution in [0.4, 0.5) is 5.95 Å². The van der Waals surface area contributed by atoms with Crippen LogP contribution in [0.5, 0.6) is 5.75 Å². The predicted octanol–water partition coefficient (Wildman–Crippen LogP) is 2.64. The Morgan fingerprint density at radius 1 is 1.02 bits per heavy atom. The number of anilines is 1. The molecule has 12 nitrogen and oxygen atoms in total. The monoisotopic (exact) mass is 582 g/mol. The van der Waals surface area contributed by atoms with Gasteiger partial charge in [0.1, 0.15) is 22.7 Å². The summed E-state index contributed by atoms with van der Waals surface area (Å²) in [5, 5.41) is 12.3. The number of rotatable bonds is 8. The minimum Gasteiger partial charge on any atom is -0.497 e. The van der Waals surface area contributed by atoms with Gasteiger partial charge in [0, 0.05) is 50.7 Å². The maximum atomic E-state index is 13.7. The largest absolute Gasteiger partial charge is 0.497 e. The van der Waals surface area contributed by atoms with Crippen LogP contribution >= 0.6 is 0 Å². The van der Waals surface area contributed by atoms with Crippen molar-refractivity contribution in [2.75, 3.05) is 38.2 Å². The molecule has 0 bridgehead atoms. The van der Waals surface area contributed by atoms with Crippen LogP contribution in [0.25, 0.3) is 17.1 Å². The third kappa shape index (κ3) is 6.22. The number of fused-ring (bicyclic) bond motifs is 1. The highest BCUT2D eigenvalue weighted by Gasteiger charge is 2.27. The molecule has 220 valence electrons. The van der Waals surface area contributed by atoms with Gasteiger partial charge in [-0.2, -0.15) is 4.98 Å². The first kappa shape index (κ1) is 29.0. The number of benzene rings is 2. The first-order valence-corrected chi connectivity index (χ1v) is 13.7. The molecule has 2 N–H and O–H groups in total. The second kappa shape index (κ2) is 12.6. The van der Waals surface area contributed by atoms with E-state index in [9.17, 15) is 24.3 Å². The Balaban J connectivity index is 1.36. The first-order chi connectivity index (χ1) is 20.8. The van der Waals surface area contributed by atoms with Gasteiger partial charge in [0.05, 0.1) is 12.5 Å². The van der Waals surface area contributed by atoms with E-state index in [4.69, 9.17) is 4.74 Å². The number of nitrogens with one attached hydrogen (secondary N) is 1. The highest BCUT2D eigenvalue weighted by atomic mass is 16.5. The van der Waals surface area contributed by atoms with E-state index in [-0.39, 0.29) is 22.6 Å². The predicted molar refractivity (Wildman–Crippen MR) is 160 cm³/mol. The summed E-state index contributed by atoms with van der Waals surface area (Å²) >= 11 is 0. The van der Waals surface area contributed by atoms with Gasteiger partial charge in [-0.25, -0.2) is 9.78 Å². The summed E-state index contributed by atoms with van der Waals surface area (Å²) < 4.78 is 6.83. The maximum absolute atomic E-state index is 13.7. The third-order valence-corrected chi connectivity index (χ3v) is 7.16. The Hall–Kier alpha value is -5.52. The molecule has 0 unspecified atom stereocenters. The second-order valence-corrected chi connectivity index (χ2v) is 9.80. The number of aromatic nitrogens is 3. The molecular weight excluding hydrogens is 552 g/mol. The third-order valence-electron chi connectivity index (χ3n) is 7.16. The Kier molecular flexibility index (Phi) is 8.46. The summed E-state index contributed by atoms with van der Waals surface area (Å²) in [5.74, 6) is -0.997. The number of aromatic carboxylic acids is 1. The number of carbonyl (C=O) groups is 3. The Morgan fingerprint density at radius 2 is 1.72 bits per heavy atom.